The Bertz CT molecular complexity index is 922. The molecule has 2 fully saturated rings. The van der Waals surface area contributed by atoms with Crippen LogP contribution in [-0.2, 0) is 10.0 Å². The normalized spacial score (nSPS) is 18.8. The van der Waals surface area contributed by atoms with E-state index in [-0.39, 0.29) is 18.3 Å². The van der Waals surface area contributed by atoms with E-state index in [1.807, 2.05) is 6.07 Å². The van der Waals surface area contributed by atoms with Crippen LogP contribution in [0.25, 0.3) is 5.65 Å². The lowest BCUT2D eigenvalue weighted by Crippen LogP contribution is -2.44. The van der Waals surface area contributed by atoms with Gasteiger partial charge in [-0.3, -0.25) is 0 Å². The van der Waals surface area contributed by atoms with Gasteiger partial charge in [0.05, 0.1) is 5.75 Å². The zero-order chi connectivity index (χ0) is 19.6. The monoisotopic (exact) mass is 472 g/mol. The minimum Gasteiger partial charge on any atom is -0.353 e. The lowest BCUT2D eigenvalue weighted by molar-refractivity contribution is 0.552. The predicted octanol–water partition coefficient (Wildman–Crippen LogP) is 0.570. The molecular weight excluding hydrogens is 448 g/mol. The highest BCUT2D eigenvalue weighted by Crippen LogP contribution is 2.20. The number of hydrogen-bond donors (Lipinski definition) is 3. The molecule has 1 saturated heterocycles. The van der Waals surface area contributed by atoms with Gasteiger partial charge in [-0.25, -0.2) is 13.1 Å². The third kappa shape index (κ3) is 4.73. The van der Waals surface area contributed by atoms with Crippen molar-refractivity contribution in [2.24, 2.45) is 0 Å². The Morgan fingerprint density at radius 3 is 2.71 bits per heavy atom. The number of nitrogens with one attached hydrogen (secondary N) is 3. The summed E-state index contributed by atoms with van der Waals surface area (Å²) in [5.41, 5.74) is 0.657. The van der Waals surface area contributed by atoms with Crippen LogP contribution >= 0.6 is 15.9 Å². The van der Waals surface area contributed by atoms with Crippen LogP contribution in [0.3, 0.4) is 0 Å². The van der Waals surface area contributed by atoms with Gasteiger partial charge in [0.25, 0.3) is 0 Å². The summed E-state index contributed by atoms with van der Waals surface area (Å²) >= 11 is 3.37. The molecule has 28 heavy (non-hydrogen) atoms. The van der Waals surface area contributed by atoms with Crippen molar-refractivity contribution in [3.8, 4) is 0 Å². The SMILES string of the molecule is O=S(=O)(CCNc1nc(N2CCNCC2)nc2cc(Br)nn12)NC1CCCC1. The molecule has 0 unspecified atom stereocenters. The van der Waals surface area contributed by atoms with Crippen molar-refractivity contribution in [1.82, 2.24) is 29.6 Å². The largest absolute Gasteiger partial charge is 0.353 e. The topological polar surface area (TPSA) is 117 Å². The minimum absolute atomic E-state index is 0.0135. The molecule has 2 aromatic rings. The van der Waals surface area contributed by atoms with Gasteiger partial charge in [0.15, 0.2) is 5.65 Å². The van der Waals surface area contributed by atoms with Crippen LogP contribution in [0.1, 0.15) is 25.7 Å². The Kier molecular flexibility index (Phi) is 5.99. The standard InChI is InChI=1S/C16H25BrN8O2S/c17-13-11-14-20-16(24-8-5-18-6-9-24)21-15(25(14)22-13)19-7-10-28(26,27)23-12-3-1-2-4-12/h11-12,18,23H,1-10H2,(H,19,20,21). The van der Waals surface area contributed by atoms with Crippen molar-refractivity contribution in [2.75, 3.05) is 48.7 Å². The molecule has 3 N–H and O–H groups in total. The van der Waals surface area contributed by atoms with E-state index in [1.165, 1.54) is 0 Å². The first-order valence-electron chi connectivity index (χ1n) is 9.63. The number of anilines is 2. The Morgan fingerprint density at radius 2 is 1.96 bits per heavy atom. The van der Waals surface area contributed by atoms with Crippen molar-refractivity contribution in [3.05, 3.63) is 10.7 Å². The average Bonchev–Trinajstić information content (AvgIpc) is 3.30. The molecule has 0 amide bonds. The summed E-state index contributed by atoms with van der Waals surface area (Å²) in [7, 11) is -3.33. The van der Waals surface area contributed by atoms with E-state index in [0.29, 0.717) is 22.1 Å². The van der Waals surface area contributed by atoms with E-state index in [0.717, 1.165) is 51.9 Å². The van der Waals surface area contributed by atoms with E-state index < -0.39 is 10.0 Å². The van der Waals surface area contributed by atoms with Gasteiger partial charge in [-0.2, -0.15) is 19.6 Å². The van der Waals surface area contributed by atoms with Gasteiger partial charge in [-0.05, 0) is 28.8 Å². The fourth-order valence-corrected chi connectivity index (χ4v) is 5.22. The fourth-order valence-electron chi connectivity index (χ4n) is 3.62. The summed E-state index contributed by atoms with van der Waals surface area (Å²) in [6, 6.07) is 1.90. The number of piperazine rings is 1. The highest BCUT2D eigenvalue weighted by atomic mass is 79.9. The Balaban J connectivity index is 1.47. The highest BCUT2D eigenvalue weighted by molar-refractivity contribution is 9.10. The van der Waals surface area contributed by atoms with E-state index in [4.69, 9.17) is 0 Å². The zero-order valence-corrected chi connectivity index (χ0v) is 18.0. The van der Waals surface area contributed by atoms with Gasteiger partial charge in [-0.15, -0.1) is 0 Å². The summed E-state index contributed by atoms with van der Waals surface area (Å²) < 4.78 is 29.7. The molecule has 0 bridgehead atoms. The molecule has 3 heterocycles. The van der Waals surface area contributed by atoms with Crippen molar-refractivity contribution in [2.45, 2.75) is 31.7 Å². The quantitative estimate of drug-likeness (QED) is 0.535. The number of rotatable bonds is 7. The fraction of sp³-hybridized carbons (Fsp3) is 0.688. The summed E-state index contributed by atoms with van der Waals surface area (Å²) in [4.78, 5) is 11.3. The second-order valence-corrected chi connectivity index (χ2v) is 9.85. The van der Waals surface area contributed by atoms with Crippen molar-refractivity contribution in [1.29, 1.82) is 0 Å². The third-order valence-electron chi connectivity index (χ3n) is 5.04. The lowest BCUT2D eigenvalue weighted by atomic mass is 10.3. The molecule has 10 nitrogen and oxygen atoms in total. The van der Waals surface area contributed by atoms with Gasteiger partial charge in [0.1, 0.15) is 4.60 Å². The Labute approximate surface area is 172 Å². The molecule has 2 aliphatic rings. The van der Waals surface area contributed by atoms with E-state index in [2.05, 4.69) is 51.3 Å². The number of halogens is 1. The summed E-state index contributed by atoms with van der Waals surface area (Å²) in [6.45, 7) is 3.65. The molecular formula is C16H25BrN8O2S. The van der Waals surface area contributed by atoms with Gasteiger partial charge in [0.2, 0.25) is 21.9 Å². The molecule has 12 heteroatoms. The second kappa shape index (κ2) is 8.47. The Hall–Kier alpha value is -1.50. The first-order valence-corrected chi connectivity index (χ1v) is 12.1. The minimum atomic E-state index is -3.33. The van der Waals surface area contributed by atoms with E-state index in [1.54, 1.807) is 4.52 Å². The summed E-state index contributed by atoms with van der Waals surface area (Å²) in [5.74, 6) is 1.09. The molecule has 0 atom stereocenters. The molecule has 0 aromatic carbocycles. The van der Waals surface area contributed by atoms with Crippen molar-refractivity contribution < 1.29 is 8.42 Å². The first-order chi connectivity index (χ1) is 13.5. The van der Waals surface area contributed by atoms with Crippen molar-refractivity contribution in [3.63, 3.8) is 0 Å². The first kappa shape index (κ1) is 19.8. The number of hydrogen-bond acceptors (Lipinski definition) is 8. The molecule has 154 valence electrons. The number of aromatic nitrogens is 4. The number of fused-ring (bicyclic) bond motifs is 1. The lowest BCUT2D eigenvalue weighted by Gasteiger charge is -2.27. The van der Waals surface area contributed by atoms with Crippen molar-refractivity contribution >= 4 is 43.5 Å². The van der Waals surface area contributed by atoms with Gasteiger partial charge in [0, 0.05) is 44.8 Å². The molecule has 1 saturated carbocycles. The summed E-state index contributed by atoms with van der Waals surface area (Å²) in [6.07, 6.45) is 4.03. The molecule has 0 spiro atoms. The maximum Gasteiger partial charge on any atom is 0.230 e. The van der Waals surface area contributed by atoms with Crippen LogP contribution in [0.5, 0.6) is 0 Å². The van der Waals surface area contributed by atoms with E-state index >= 15 is 0 Å². The Morgan fingerprint density at radius 1 is 1.21 bits per heavy atom. The van der Waals surface area contributed by atoms with Crippen LogP contribution in [-0.4, -0.2) is 72.5 Å². The number of sulfonamides is 1. The third-order valence-corrected chi connectivity index (χ3v) is 6.86. The molecule has 1 aliphatic carbocycles. The molecule has 2 aromatic heterocycles. The number of nitrogens with zero attached hydrogens (tertiary/aromatic N) is 5. The maximum atomic E-state index is 12.3. The van der Waals surface area contributed by atoms with Gasteiger partial charge < -0.3 is 15.5 Å². The van der Waals surface area contributed by atoms with E-state index in [9.17, 15) is 8.42 Å². The molecule has 1 aliphatic heterocycles. The summed E-state index contributed by atoms with van der Waals surface area (Å²) in [5, 5.41) is 10.8. The zero-order valence-electron chi connectivity index (χ0n) is 15.6. The smallest absolute Gasteiger partial charge is 0.230 e. The average molecular weight is 473 g/mol. The van der Waals surface area contributed by atoms with Crippen LogP contribution in [0.15, 0.2) is 10.7 Å². The van der Waals surface area contributed by atoms with Crippen LogP contribution < -0.4 is 20.3 Å². The van der Waals surface area contributed by atoms with Crippen LogP contribution in [0.4, 0.5) is 11.9 Å². The predicted molar refractivity (Wildman–Crippen MR) is 111 cm³/mol. The highest BCUT2D eigenvalue weighted by Gasteiger charge is 2.22. The van der Waals surface area contributed by atoms with Gasteiger partial charge in [-0.1, -0.05) is 12.8 Å². The van der Waals surface area contributed by atoms with Crippen LogP contribution in [0.2, 0.25) is 0 Å². The maximum absolute atomic E-state index is 12.3. The molecule has 4 rings (SSSR count). The van der Waals surface area contributed by atoms with Gasteiger partial charge >= 0.3 is 0 Å². The van der Waals surface area contributed by atoms with Crippen LogP contribution in [0, 0.1) is 0 Å². The molecule has 0 radical (unpaired) electrons. The second-order valence-electron chi connectivity index (χ2n) is 7.17.